The third-order valence-electron chi connectivity index (χ3n) is 6.67. The summed E-state index contributed by atoms with van der Waals surface area (Å²) < 4.78 is 10.5. The molecule has 14 heteroatoms. The van der Waals surface area contributed by atoms with E-state index in [4.69, 9.17) is 32.7 Å². The molecule has 0 radical (unpaired) electrons. The van der Waals surface area contributed by atoms with E-state index in [0.717, 1.165) is 31.9 Å². The summed E-state index contributed by atoms with van der Waals surface area (Å²) in [6.07, 6.45) is 8.46. The summed E-state index contributed by atoms with van der Waals surface area (Å²) >= 11 is 12.7. The van der Waals surface area contributed by atoms with Crippen molar-refractivity contribution < 1.29 is 19.1 Å². The SMILES string of the molecule is C=CC(=O)NC1C=C(N2CCNCC2)C=CC1NC(C)N=CNC(=C)N(C)C(=O)Nc1c(Cl)c(OC)cc(OC)c1Cl. The molecule has 0 bridgehead atoms. The Kier molecular flexibility index (Phi) is 12.1. The number of piperazine rings is 1. The predicted molar refractivity (Wildman–Crippen MR) is 167 cm³/mol. The van der Waals surface area contributed by atoms with Gasteiger partial charge in [-0.3, -0.25) is 20.0 Å². The highest BCUT2D eigenvalue weighted by molar-refractivity contribution is 6.41. The Labute approximate surface area is 256 Å². The van der Waals surface area contributed by atoms with Crippen molar-refractivity contribution in [1.82, 2.24) is 31.1 Å². The first-order valence-corrected chi connectivity index (χ1v) is 14.0. The summed E-state index contributed by atoms with van der Waals surface area (Å²) in [5.41, 5.74) is 1.20. The van der Waals surface area contributed by atoms with Crippen molar-refractivity contribution in [3.8, 4) is 11.5 Å². The molecule has 1 aromatic rings. The normalized spacial score (nSPS) is 19.0. The average Bonchev–Trinajstić information content (AvgIpc) is 3.00. The lowest BCUT2D eigenvalue weighted by atomic mass is 9.99. The van der Waals surface area contributed by atoms with Gasteiger partial charge in [-0.05, 0) is 25.2 Å². The van der Waals surface area contributed by atoms with Crippen LogP contribution in [-0.4, -0.2) is 93.8 Å². The summed E-state index contributed by atoms with van der Waals surface area (Å²) in [7, 11) is 4.40. The predicted octanol–water partition coefficient (Wildman–Crippen LogP) is 2.90. The van der Waals surface area contributed by atoms with Gasteiger partial charge in [0.15, 0.2) is 0 Å². The van der Waals surface area contributed by atoms with Gasteiger partial charge in [-0.15, -0.1) is 0 Å². The minimum Gasteiger partial charge on any atom is -0.495 e. The molecule has 3 rings (SSSR count). The molecule has 0 spiro atoms. The first-order chi connectivity index (χ1) is 20.1. The second-order valence-electron chi connectivity index (χ2n) is 9.44. The molecule has 1 aliphatic heterocycles. The van der Waals surface area contributed by atoms with Crippen LogP contribution in [0.4, 0.5) is 10.5 Å². The lowest BCUT2D eigenvalue weighted by molar-refractivity contribution is -0.117. The van der Waals surface area contributed by atoms with Gasteiger partial charge in [0.25, 0.3) is 0 Å². The molecule has 42 heavy (non-hydrogen) atoms. The summed E-state index contributed by atoms with van der Waals surface area (Å²) in [5, 5.41) is 15.5. The van der Waals surface area contributed by atoms with E-state index in [1.807, 2.05) is 19.1 Å². The number of nitrogens with zero attached hydrogens (tertiary/aromatic N) is 3. The van der Waals surface area contributed by atoms with Crippen molar-refractivity contribution in [3.05, 3.63) is 65.1 Å². The van der Waals surface area contributed by atoms with E-state index in [1.165, 1.54) is 44.6 Å². The molecule has 0 aromatic heterocycles. The Morgan fingerprint density at radius 2 is 1.83 bits per heavy atom. The minimum absolute atomic E-state index is 0.124. The van der Waals surface area contributed by atoms with Crippen molar-refractivity contribution in [2.45, 2.75) is 25.2 Å². The van der Waals surface area contributed by atoms with Crippen molar-refractivity contribution in [3.63, 3.8) is 0 Å². The van der Waals surface area contributed by atoms with Crippen molar-refractivity contribution >= 4 is 47.2 Å². The van der Waals surface area contributed by atoms with Gasteiger partial charge in [0.1, 0.15) is 27.4 Å². The first-order valence-electron chi connectivity index (χ1n) is 13.3. The summed E-state index contributed by atoms with van der Waals surface area (Å²) in [6, 6.07) is 0.455. The highest BCUT2D eigenvalue weighted by atomic mass is 35.5. The Balaban J connectivity index is 1.59. The van der Waals surface area contributed by atoms with Crippen LogP contribution in [0.2, 0.25) is 10.0 Å². The summed E-state index contributed by atoms with van der Waals surface area (Å²) in [5.74, 6) is 0.554. The molecule has 2 aliphatic rings. The van der Waals surface area contributed by atoms with E-state index in [-0.39, 0.29) is 57.2 Å². The van der Waals surface area contributed by atoms with E-state index < -0.39 is 6.03 Å². The maximum atomic E-state index is 12.9. The first kappa shape index (κ1) is 32.8. The van der Waals surface area contributed by atoms with E-state index in [9.17, 15) is 9.59 Å². The van der Waals surface area contributed by atoms with Gasteiger partial charge >= 0.3 is 6.03 Å². The fraction of sp³-hybridized carbons (Fsp3) is 0.393. The number of amides is 3. The standard InChI is InChI=1S/C28H38Cl2N8O4/c1-7-24(39)35-21-14-19(38-12-10-31-11-13-38)8-9-20(21)34-17(2)32-16-33-18(3)37(4)28(40)36-27-25(29)22(41-5)15-23(42-6)26(27)30/h7-9,14-17,20-21,31,34H,1,3,10-13H2,2,4-6H3,(H,32,33)(H,35,39)(H,36,40). The van der Waals surface area contributed by atoms with E-state index in [0.29, 0.717) is 0 Å². The number of ether oxygens (including phenoxy) is 2. The van der Waals surface area contributed by atoms with Crippen LogP contribution in [0.1, 0.15) is 6.92 Å². The molecule has 1 heterocycles. The van der Waals surface area contributed by atoms with Crippen molar-refractivity contribution in [2.75, 3.05) is 52.8 Å². The Hall–Kier alpha value is -3.71. The number of nitrogens with one attached hydrogen (secondary N) is 5. The number of hydrogen-bond acceptors (Lipinski definition) is 8. The third-order valence-corrected chi connectivity index (χ3v) is 7.42. The van der Waals surface area contributed by atoms with Gasteiger partial charge < -0.3 is 35.6 Å². The maximum absolute atomic E-state index is 12.9. The molecule has 3 atom stereocenters. The van der Waals surface area contributed by atoms with E-state index in [2.05, 4.69) is 55.7 Å². The number of hydrogen-bond donors (Lipinski definition) is 5. The van der Waals surface area contributed by atoms with E-state index >= 15 is 0 Å². The molecule has 3 amide bonds. The lowest BCUT2D eigenvalue weighted by Gasteiger charge is -2.35. The van der Waals surface area contributed by atoms with Crippen LogP contribution in [0.3, 0.4) is 0 Å². The van der Waals surface area contributed by atoms with Crippen LogP contribution in [0.5, 0.6) is 11.5 Å². The molecule has 3 unspecified atom stereocenters. The van der Waals surface area contributed by atoms with Gasteiger partial charge in [0.05, 0.1) is 44.5 Å². The smallest absolute Gasteiger partial charge is 0.327 e. The number of carbonyl (C=O) groups is 2. The van der Waals surface area contributed by atoms with Crippen LogP contribution in [0, 0.1) is 0 Å². The summed E-state index contributed by atoms with van der Waals surface area (Å²) in [4.78, 5) is 33.0. The third kappa shape index (κ3) is 8.41. The van der Waals surface area contributed by atoms with Gasteiger partial charge in [-0.2, -0.15) is 0 Å². The summed E-state index contributed by atoms with van der Waals surface area (Å²) in [6.45, 7) is 12.9. The largest absolute Gasteiger partial charge is 0.495 e. The molecular formula is C28H38Cl2N8O4. The molecule has 228 valence electrons. The number of allylic oxidation sites excluding steroid dienone is 1. The van der Waals surface area contributed by atoms with Crippen LogP contribution < -0.4 is 36.1 Å². The fourth-order valence-electron chi connectivity index (χ4n) is 4.26. The number of anilines is 1. The number of halogens is 2. The average molecular weight is 622 g/mol. The van der Waals surface area contributed by atoms with Gasteiger partial charge in [0.2, 0.25) is 5.91 Å². The minimum atomic E-state index is -0.564. The number of benzene rings is 1. The molecule has 1 saturated heterocycles. The zero-order chi connectivity index (χ0) is 30.8. The highest BCUT2D eigenvalue weighted by Crippen LogP contribution is 2.44. The number of urea groups is 1. The van der Waals surface area contributed by atoms with Gasteiger partial charge in [-0.1, -0.05) is 42.4 Å². The Bertz CT molecular complexity index is 1230. The van der Waals surface area contributed by atoms with Crippen LogP contribution >= 0.6 is 23.2 Å². The fourth-order valence-corrected chi connectivity index (χ4v) is 4.86. The van der Waals surface area contributed by atoms with E-state index in [1.54, 1.807) is 0 Å². The van der Waals surface area contributed by atoms with Gasteiger partial charge in [-0.25, -0.2) is 4.79 Å². The zero-order valence-corrected chi connectivity index (χ0v) is 25.7. The van der Waals surface area contributed by atoms with Crippen molar-refractivity contribution in [2.24, 2.45) is 4.99 Å². The molecule has 1 fully saturated rings. The quantitative estimate of drug-likeness (QED) is 0.137. The number of carbonyl (C=O) groups excluding carboxylic acids is 2. The molecule has 5 N–H and O–H groups in total. The molecule has 1 aliphatic carbocycles. The highest BCUT2D eigenvalue weighted by Gasteiger charge is 2.26. The van der Waals surface area contributed by atoms with Crippen molar-refractivity contribution in [1.29, 1.82) is 0 Å². The van der Waals surface area contributed by atoms with Crippen LogP contribution in [-0.2, 0) is 4.79 Å². The Morgan fingerprint density at radius 1 is 1.19 bits per heavy atom. The number of aliphatic imine (C=N–C) groups is 1. The monoisotopic (exact) mass is 620 g/mol. The van der Waals surface area contributed by atoms with Crippen LogP contribution in [0.25, 0.3) is 0 Å². The second kappa shape index (κ2) is 15.5. The molecule has 0 saturated carbocycles. The van der Waals surface area contributed by atoms with Crippen LogP contribution in [0.15, 0.2) is 60.0 Å². The zero-order valence-electron chi connectivity index (χ0n) is 24.2. The number of methoxy groups -OCH3 is 2. The molecular weight excluding hydrogens is 583 g/mol. The Morgan fingerprint density at radius 3 is 2.43 bits per heavy atom. The second-order valence-corrected chi connectivity index (χ2v) is 10.2. The van der Waals surface area contributed by atoms with Gasteiger partial charge in [0, 0.05) is 45.0 Å². The molecule has 12 nitrogen and oxygen atoms in total. The lowest BCUT2D eigenvalue weighted by Crippen LogP contribution is -2.52. The number of rotatable bonds is 12. The molecule has 1 aromatic carbocycles. The maximum Gasteiger partial charge on any atom is 0.327 e. The topological polar surface area (TPSA) is 132 Å².